The third kappa shape index (κ3) is 6.36. The van der Waals surface area contributed by atoms with Crippen molar-refractivity contribution in [3.05, 3.63) is 29.6 Å². The highest BCUT2D eigenvalue weighted by Crippen LogP contribution is 2.70. The van der Waals surface area contributed by atoms with E-state index in [2.05, 4.69) is 4.98 Å². The Kier molecular flexibility index (Phi) is 10.9. The first kappa shape index (κ1) is 40.5. The standard InChI is InChI=1S/C36H45NO17/c1-16-9-10-22-11-12-37-13-23(22)32(46)48-14-33(7)24-26(49-18(3)39)30(52-21(6)42)35(15-47-17(2)38)29(51-20(5)41)25(43)27(44)34(8,53-31(16)45)36(35,54-33)28(24)50-19(4)40/h11-13,16,24-30,43-44H,9-10,14-15H2,1-8H3/t16-,24+,25-,26+,27-,28+,29-,30+,33-,34-,35-,36-/m0/s1. The second kappa shape index (κ2) is 14.5. The number of nitrogens with zero attached hydrogens (tertiary/aromatic N) is 1. The molecule has 4 aliphatic rings. The number of rotatable bonds is 6. The quantitative estimate of drug-likeness (QED) is 0.292. The van der Waals surface area contributed by atoms with Crippen molar-refractivity contribution < 1.29 is 81.7 Å². The van der Waals surface area contributed by atoms with Gasteiger partial charge in [0, 0.05) is 47.0 Å². The zero-order valence-corrected chi connectivity index (χ0v) is 31.1. The van der Waals surface area contributed by atoms with E-state index in [9.17, 15) is 43.8 Å². The van der Waals surface area contributed by atoms with Crippen molar-refractivity contribution in [2.24, 2.45) is 17.3 Å². The molecule has 0 radical (unpaired) electrons. The van der Waals surface area contributed by atoms with Crippen LogP contribution < -0.4 is 0 Å². The molecule has 2 aliphatic heterocycles. The highest BCUT2D eigenvalue weighted by Gasteiger charge is 2.92. The van der Waals surface area contributed by atoms with Gasteiger partial charge in [-0.15, -0.1) is 0 Å². The number of aromatic nitrogens is 1. The van der Waals surface area contributed by atoms with Gasteiger partial charge in [-0.1, -0.05) is 6.92 Å². The van der Waals surface area contributed by atoms with Crippen LogP contribution in [0.2, 0.25) is 0 Å². The smallest absolute Gasteiger partial charge is 0.340 e. The average Bonchev–Trinajstić information content (AvgIpc) is 3.29. The lowest BCUT2D eigenvalue weighted by Crippen LogP contribution is -2.89. The summed E-state index contributed by atoms with van der Waals surface area (Å²) in [4.78, 5) is 96.9. The van der Waals surface area contributed by atoms with E-state index in [0.29, 0.717) is 5.56 Å². The van der Waals surface area contributed by atoms with Crippen LogP contribution >= 0.6 is 0 Å². The predicted octanol–water partition coefficient (Wildman–Crippen LogP) is 0.292. The molecule has 1 aromatic heterocycles. The summed E-state index contributed by atoms with van der Waals surface area (Å²) in [6, 6.07) is 1.58. The minimum Gasteiger partial charge on any atom is -0.465 e. The van der Waals surface area contributed by atoms with E-state index in [1.165, 1.54) is 33.2 Å². The van der Waals surface area contributed by atoms with Crippen molar-refractivity contribution in [3.63, 3.8) is 0 Å². The lowest BCUT2D eigenvalue weighted by Gasteiger charge is -2.67. The third-order valence-electron chi connectivity index (χ3n) is 11.0. The molecular formula is C36H45NO17. The normalized spacial score (nSPS) is 38.6. The van der Waals surface area contributed by atoms with E-state index in [-0.39, 0.29) is 18.4 Å². The Morgan fingerprint density at radius 2 is 1.46 bits per heavy atom. The molecule has 5 rings (SSSR count). The zero-order chi connectivity index (χ0) is 40.1. The summed E-state index contributed by atoms with van der Waals surface area (Å²) >= 11 is 0. The van der Waals surface area contributed by atoms with Gasteiger partial charge in [0.25, 0.3) is 0 Å². The highest BCUT2D eigenvalue weighted by molar-refractivity contribution is 5.90. The van der Waals surface area contributed by atoms with E-state index in [1.807, 2.05) is 0 Å². The van der Waals surface area contributed by atoms with E-state index in [4.69, 9.17) is 37.9 Å². The van der Waals surface area contributed by atoms with E-state index in [0.717, 1.165) is 34.6 Å². The number of esters is 7. The van der Waals surface area contributed by atoms with Gasteiger partial charge in [0.05, 0.1) is 17.4 Å². The molecule has 0 unspecified atom stereocenters. The fourth-order valence-electron chi connectivity index (χ4n) is 8.91. The number of fused-ring (bicyclic) bond motifs is 4. The van der Waals surface area contributed by atoms with Crippen molar-refractivity contribution in [3.8, 4) is 0 Å². The molecular weight excluding hydrogens is 718 g/mol. The van der Waals surface area contributed by atoms with Crippen LogP contribution in [0.4, 0.5) is 0 Å². The highest BCUT2D eigenvalue weighted by atomic mass is 16.7. The second-order valence-corrected chi connectivity index (χ2v) is 14.7. The first-order valence-corrected chi connectivity index (χ1v) is 17.4. The Morgan fingerprint density at radius 3 is 2.06 bits per heavy atom. The van der Waals surface area contributed by atoms with Crippen molar-refractivity contribution >= 4 is 41.8 Å². The summed E-state index contributed by atoms with van der Waals surface area (Å²) in [6.07, 6.45) is -9.17. The van der Waals surface area contributed by atoms with Gasteiger partial charge in [0.1, 0.15) is 54.7 Å². The third-order valence-corrected chi connectivity index (χ3v) is 11.0. The number of cyclic esters (lactones) is 1. The monoisotopic (exact) mass is 763 g/mol. The van der Waals surface area contributed by atoms with Crippen molar-refractivity contribution in [2.75, 3.05) is 13.2 Å². The molecule has 3 heterocycles. The molecule has 1 saturated heterocycles. The second-order valence-electron chi connectivity index (χ2n) is 14.7. The van der Waals surface area contributed by atoms with Crippen LogP contribution in [0.3, 0.4) is 0 Å². The number of aryl methyl sites for hydroxylation is 1. The first-order valence-electron chi connectivity index (χ1n) is 17.4. The maximum absolute atomic E-state index is 14.3. The Balaban J connectivity index is 1.96. The number of ether oxygens (including phenoxy) is 8. The number of carbonyl (C=O) groups excluding carboxylic acids is 7. The largest absolute Gasteiger partial charge is 0.465 e. The van der Waals surface area contributed by atoms with E-state index < -0.39 is 126 Å². The van der Waals surface area contributed by atoms with Gasteiger partial charge in [-0.3, -0.25) is 33.8 Å². The molecule has 0 amide bonds. The van der Waals surface area contributed by atoms with Crippen LogP contribution in [0.5, 0.6) is 0 Å². The van der Waals surface area contributed by atoms with Crippen LogP contribution in [0, 0.1) is 17.3 Å². The molecule has 18 heteroatoms. The van der Waals surface area contributed by atoms with Gasteiger partial charge in [-0.25, -0.2) is 4.79 Å². The Labute approximate surface area is 310 Å². The van der Waals surface area contributed by atoms with Crippen molar-refractivity contribution in [2.45, 2.75) is 122 Å². The fourth-order valence-corrected chi connectivity index (χ4v) is 8.91. The number of carbonyl (C=O) groups is 7. The summed E-state index contributed by atoms with van der Waals surface area (Å²) < 4.78 is 48.3. The molecule has 1 aromatic rings. The number of hydrogen-bond donors (Lipinski definition) is 2. The molecule has 18 nitrogen and oxygen atoms in total. The van der Waals surface area contributed by atoms with E-state index in [1.54, 1.807) is 6.07 Å². The van der Waals surface area contributed by atoms with Crippen LogP contribution in [-0.4, -0.2) is 124 Å². The summed E-state index contributed by atoms with van der Waals surface area (Å²) in [7, 11) is 0. The maximum Gasteiger partial charge on any atom is 0.340 e. The molecule has 0 aromatic carbocycles. The first-order chi connectivity index (χ1) is 25.2. The minimum atomic E-state index is -2.65. The van der Waals surface area contributed by atoms with Gasteiger partial charge in [0.15, 0.2) is 17.3 Å². The van der Waals surface area contributed by atoms with Crippen LogP contribution in [0.15, 0.2) is 18.5 Å². The molecule has 2 saturated carbocycles. The molecule has 296 valence electrons. The summed E-state index contributed by atoms with van der Waals surface area (Å²) in [5.41, 5.74) is -9.25. The number of aliphatic hydroxyl groups is 2. The predicted molar refractivity (Wildman–Crippen MR) is 176 cm³/mol. The zero-order valence-electron chi connectivity index (χ0n) is 31.1. The van der Waals surface area contributed by atoms with Crippen molar-refractivity contribution in [1.29, 1.82) is 0 Å². The molecule has 12 atom stereocenters. The Bertz CT molecular complexity index is 1730. The lowest BCUT2D eigenvalue weighted by atomic mass is 9.45. The summed E-state index contributed by atoms with van der Waals surface area (Å²) in [5.74, 6) is -9.28. The van der Waals surface area contributed by atoms with Gasteiger partial charge in [-0.05, 0) is 38.3 Å². The van der Waals surface area contributed by atoms with Gasteiger partial charge in [0.2, 0.25) is 0 Å². The Hall–Kier alpha value is -4.68. The van der Waals surface area contributed by atoms with E-state index >= 15 is 0 Å². The van der Waals surface area contributed by atoms with Crippen LogP contribution in [-0.2, 0) is 73.1 Å². The van der Waals surface area contributed by atoms with Gasteiger partial charge < -0.3 is 48.1 Å². The van der Waals surface area contributed by atoms with Gasteiger partial charge in [-0.2, -0.15) is 0 Å². The maximum atomic E-state index is 14.3. The molecule has 2 aliphatic carbocycles. The lowest BCUT2D eigenvalue weighted by molar-refractivity contribution is -0.387. The molecule has 3 fully saturated rings. The molecule has 54 heavy (non-hydrogen) atoms. The van der Waals surface area contributed by atoms with Crippen LogP contribution in [0.1, 0.15) is 77.7 Å². The summed E-state index contributed by atoms with van der Waals surface area (Å²) in [6.45, 7) is 7.37. The number of hydrogen-bond acceptors (Lipinski definition) is 18. The van der Waals surface area contributed by atoms with Crippen molar-refractivity contribution in [1.82, 2.24) is 4.98 Å². The number of aliphatic hydroxyl groups excluding tert-OH is 2. The summed E-state index contributed by atoms with van der Waals surface area (Å²) in [5, 5.41) is 24.3. The SMILES string of the molecule is CC(=O)OC[C@]12[C@H](OC(C)=O)[C@H](OC(C)=O)[C@@H]3[C@@H](OC(C)=O)[C@@]14O[C@@]3(C)COC(=O)c1cnccc1CC[C@H](C)C(=O)O[C@@]4(C)[C@@H](O)[C@H](O)[C@@H]2OC(C)=O. The topological polar surface area (TPSA) is 247 Å². The minimum absolute atomic E-state index is 0.0592. The molecule has 1 spiro atoms. The molecule has 2 N–H and O–H groups in total. The number of pyridine rings is 1. The average molecular weight is 764 g/mol. The van der Waals surface area contributed by atoms with Gasteiger partial charge >= 0.3 is 41.8 Å². The molecule has 3 bridgehead atoms. The fraction of sp³-hybridized carbons (Fsp3) is 0.667. The van der Waals surface area contributed by atoms with Crippen LogP contribution in [0.25, 0.3) is 0 Å². The Morgan fingerprint density at radius 1 is 0.870 bits per heavy atom.